The monoisotopic (exact) mass is 615 g/mol. The molecule has 1 heterocycles. The highest BCUT2D eigenvalue weighted by Crippen LogP contribution is 2.74. The number of aromatic amines is 1. The largest absolute Gasteiger partial charge is 0.483 e. The minimum atomic E-state index is -0.250. The maximum Gasteiger partial charge on any atom is 0.290 e. The van der Waals surface area contributed by atoms with E-state index < -0.39 is 0 Å². The number of nitrogens with one attached hydrogen (secondary N) is 1. The van der Waals surface area contributed by atoms with Gasteiger partial charge in [-0.05, 0) is 114 Å². The number of aryl methyl sites for hydroxylation is 1. The fourth-order valence-corrected chi connectivity index (χ4v) is 10.7. The average Bonchev–Trinajstić information content (AvgIpc) is 3.35. The third-order valence-corrected chi connectivity index (χ3v) is 13.3. The summed E-state index contributed by atoms with van der Waals surface area (Å²) in [7, 11) is 0. The van der Waals surface area contributed by atoms with E-state index in [0.29, 0.717) is 10.8 Å². The van der Waals surface area contributed by atoms with Gasteiger partial charge in [-0.15, -0.1) is 0 Å². The number of benzene rings is 2. The lowest BCUT2D eigenvalue weighted by molar-refractivity contribution is -0.145. The van der Waals surface area contributed by atoms with E-state index in [1.54, 1.807) is 16.7 Å². The molecule has 7 rings (SSSR count). The van der Waals surface area contributed by atoms with Gasteiger partial charge in [0.25, 0.3) is 6.47 Å². The quantitative estimate of drug-likeness (QED) is 0.211. The van der Waals surface area contributed by atoms with Gasteiger partial charge >= 0.3 is 0 Å². The molecule has 3 saturated carbocycles. The molecule has 3 nitrogen and oxygen atoms in total. The standard InChI is InChI=1S/C36H44BrN.CH2O2/c1-22-12-13-33(3)14-16-36(6)31-20-26(27-21-38-29-11-10-24(37)19-25(27)29)32-23(2)8-7-9-28(32)34(31,4)15-17-35(36,5)30(33)18-22;2-1-3/h7-11,19-22,26,30,38H,12-18H2,1-6H3;1H,(H,2,3)/t22?,26?,30?,33?,34?,35-,36?;/m0./s1. The Morgan fingerprint density at radius 3 is 2.54 bits per heavy atom. The maximum atomic E-state index is 8.36. The Morgan fingerprint density at radius 2 is 1.78 bits per heavy atom. The number of halogens is 1. The fraction of sp³-hybridized carbons (Fsp3) is 0.541. The number of carbonyl (C=O) groups is 1. The Hall–Kier alpha value is -2.33. The van der Waals surface area contributed by atoms with Crippen molar-refractivity contribution in [2.24, 2.45) is 28.1 Å². The molecule has 0 radical (unpaired) electrons. The minimum absolute atomic E-state index is 0.118. The summed E-state index contributed by atoms with van der Waals surface area (Å²) in [6, 6.07) is 13.8. The third kappa shape index (κ3) is 4.06. The van der Waals surface area contributed by atoms with Crippen LogP contribution in [0.15, 0.2) is 58.7 Å². The summed E-state index contributed by atoms with van der Waals surface area (Å²) in [4.78, 5) is 12.0. The predicted octanol–water partition coefficient (Wildman–Crippen LogP) is 10.3. The molecule has 218 valence electrons. The van der Waals surface area contributed by atoms with E-state index in [1.165, 1.54) is 67.0 Å². The molecule has 1 aromatic heterocycles. The molecule has 0 saturated heterocycles. The van der Waals surface area contributed by atoms with Crippen LogP contribution in [0.4, 0.5) is 0 Å². The van der Waals surface area contributed by atoms with Crippen molar-refractivity contribution in [3.8, 4) is 0 Å². The van der Waals surface area contributed by atoms with E-state index in [-0.39, 0.29) is 23.2 Å². The van der Waals surface area contributed by atoms with Gasteiger partial charge in [0.1, 0.15) is 0 Å². The van der Waals surface area contributed by atoms with Gasteiger partial charge in [-0.1, -0.05) is 86.8 Å². The zero-order chi connectivity index (χ0) is 29.4. The molecule has 2 aromatic carbocycles. The Balaban J connectivity index is 0.000000967. The first-order chi connectivity index (χ1) is 19.4. The second-order valence-corrected chi connectivity index (χ2v) is 15.7. The molecule has 2 N–H and O–H groups in total. The van der Waals surface area contributed by atoms with E-state index in [0.717, 1.165) is 16.3 Å². The van der Waals surface area contributed by atoms with Crippen molar-refractivity contribution in [2.45, 2.75) is 97.8 Å². The lowest BCUT2D eigenvalue weighted by atomic mass is 9.35. The van der Waals surface area contributed by atoms with Gasteiger partial charge in [0, 0.05) is 32.9 Å². The zero-order valence-electron chi connectivity index (χ0n) is 25.6. The number of carboxylic acid groups (broad SMARTS) is 1. The van der Waals surface area contributed by atoms with Gasteiger partial charge in [-0.2, -0.15) is 0 Å². The normalized spacial score (nSPS) is 37.4. The van der Waals surface area contributed by atoms with Crippen LogP contribution in [-0.2, 0) is 10.2 Å². The number of H-pyrrole nitrogens is 1. The molecular formula is C37H46BrNO2. The van der Waals surface area contributed by atoms with E-state index >= 15 is 0 Å². The molecule has 4 aliphatic carbocycles. The third-order valence-electron chi connectivity index (χ3n) is 12.8. The highest BCUT2D eigenvalue weighted by molar-refractivity contribution is 9.10. The first-order valence-corrected chi connectivity index (χ1v) is 16.4. The van der Waals surface area contributed by atoms with E-state index in [9.17, 15) is 0 Å². The van der Waals surface area contributed by atoms with Gasteiger partial charge in [0.2, 0.25) is 0 Å². The summed E-state index contributed by atoms with van der Waals surface area (Å²) in [6.45, 7) is 15.3. The number of rotatable bonds is 1. The first kappa shape index (κ1) is 28.8. The van der Waals surface area contributed by atoms with Crippen molar-refractivity contribution in [1.82, 2.24) is 4.98 Å². The molecule has 0 spiro atoms. The summed E-state index contributed by atoms with van der Waals surface area (Å²) in [6.07, 6.45) is 14.7. The molecule has 4 heteroatoms. The van der Waals surface area contributed by atoms with Gasteiger partial charge in [0.05, 0.1) is 0 Å². The summed E-state index contributed by atoms with van der Waals surface area (Å²) in [5.74, 6) is 1.97. The molecule has 6 unspecified atom stereocenters. The fourth-order valence-electron chi connectivity index (χ4n) is 10.3. The van der Waals surface area contributed by atoms with E-state index in [1.807, 2.05) is 0 Å². The number of hydrogen-bond acceptors (Lipinski definition) is 1. The van der Waals surface area contributed by atoms with Crippen molar-refractivity contribution < 1.29 is 9.90 Å². The van der Waals surface area contributed by atoms with Crippen molar-refractivity contribution in [3.05, 3.63) is 81.0 Å². The Bertz CT molecular complexity index is 1540. The summed E-state index contributed by atoms with van der Waals surface area (Å²) >= 11 is 3.76. The predicted molar refractivity (Wildman–Crippen MR) is 172 cm³/mol. The van der Waals surface area contributed by atoms with Crippen molar-refractivity contribution in [3.63, 3.8) is 0 Å². The first-order valence-electron chi connectivity index (χ1n) is 15.6. The second-order valence-electron chi connectivity index (χ2n) is 14.8. The van der Waals surface area contributed by atoms with Gasteiger partial charge in [-0.3, -0.25) is 4.79 Å². The van der Waals surface area contributed by atoms with Crippen LogP contribution in [0.2, 0.25) is 0 Å². The minimum Gasteiger partial charge on any atom is -0.483 e. The van der Waals surface area contributed by atoms with Crippen molar-refractivity contribution in [1.29, 1.82) is 0 Å². The highest BCUT2D eigenvalue weighted by Gasteiger charge is 2.65. The van der Waals surface area contributed by atoms with Crippen LogP contribution in [0.3, 0.4) is 0 Å². The van der Waals surface area contributed by atoms with Gasteiger partial charge in [-0.25, -0.2) is 0 Å². The molecule has 0 aliphatic heterocycles. The van der Waals surface area contributed by atoms with Crippen LogP contribution >= 0.6 is 15.9 Å². The van der Waals surface area contributed by atoms with Gasteiger partial charge in [0.15, 0.2) is 0 Å². The number of allylic oxidation sites excluding steroid dienone is 2. The highest BCUT2D eigenvalue weighted by atomic mass is 79.9. The van der Waals surface area contributed by atoms with Crippen LogP contribution in [0, 0.1) is 35.0 Å². The molecule has 7 atom stereocenters. The molecule has 0 bridgehead atoms. The molecule has 0 amide bonds. The van der Waals surface area contributed by atoms with Crippen LogP contribution in [-0.4, -0.2) is 16.6 Å². The topological polar surface area (TPSA) is 53.1 Å². The van der Waals surface area contributed by atoms with E-state index in [2.05, 4.69) is 111 Å². The second kappa shape index (κ2) is 9.86. The summed E-state index contributed by atoms with van der Waals surface area (Å²) in [5, 5.41) is 8.24. The van der Waals surface area contributed by atoms with Crippen LogP contribution < -0.4 is 0 Å². The lowest BCUT2D eigenvalue weighted by Gasteiger charge is -2.69. The number of fused-ring (bicyclic) bond motifs is 8. The lowest BCUT2D eigenvalue weighted by Crippen LogP contribution is -2.61. The van der Waals surface area contributed by atoms with Crippen LogP contribution in [0.25, 0.3) is 10.9 Å². The number of aromatic nitrogens is 1. The van der Waals surface area contributed by atoms with Crippen LogP contribution in [0.1, 0.15) is 108 Å². The molecule has 41 heavy (non-hydrogen) atoms. The molecule has 3 aromatic rings. The molecular weight excluding hydrogens is 570 g/mol. The average molecular weight is 617 g/mol. The molecule has 3 fully saturated rings. The Kier molecular flexibility index (Phi) is 6.92. The Morgan fingerprint density at radius 1 is 1.02 bits per heavy atom. The summed E-state index contributed by atoms with van der Waals surface area (Å²) in [5.41, 5.74) is 10.2. The maximum absolute atomic E-state index is 8.36. The number of hydrogen-bond donors (Lipinski definition) is 2. The van der Waals surface area contributed by atoms with Crippen LogP contribution in [0.5, 0.6) is 0 Å². The smallest absolute Gasteiger partial charge is 0.290 e. The zero-order valence-corrected chi connectivity index (χ0v) is 27.2. The van der Waals surface area contributed by atoms with Crippen molar-refractivity contribution >= 4 is 33.3 Å². The van der Waals surface area contributed by atoms with Gasteiger partial charge < -0.3 is 10.1 Å². The summed E-state index contributed by atoms with van der Waals surface area (Å²) < 4.78 is 1.15. The Labute approximate surface area is 254 Å². The van der Waals surface area contributed by atoms with Crippen molar-refractivity contribution in [2.75, 3.05) is 0 Å². The SMILES string of the molecule is Cc1cccc2c1C(c1c[nH]c3ccc(Br)cc13)C=C1C2(C)CC[C@@]2(C)C3CC(C)CCC3(C)CCC12C.O=CO. The molecule has 4 aliphatic rings. The van der Waals surface area contributed by atoms with E-state index in [4.69, 9.17) is 9.90 Å².